The Bertz CT molecular complexity index is 508. The lowest BCUT2D eigenvalue weighted by molar-refractivity contribution is 0.283. The predicted molar refractivity (Wildman–Crippen MR) is 159 cm³/mol. The smallest absolute Gasteiger partial charge is 0.0260 e. The summed E-state index contributed by atoms with van der Waals surface area (Å²) < 4.78 is 0. The molecule has 0 aliphatic rings. The van der Waals surface area contributed by atoms with E-state index >= 15 is 0 Å². The van der Waals surface area contributed by atoms with Crippen LogP contribution in [0.2, 0.25) is 0 Å². The summed E-state index contributed by atoms with van der Waals surface area (Å²) >= 11 is 0. The average molecular weight is 463 g/mol. The summed E-state index contributed by atoms with van der Waals surface area (Å²) in [6, 6.07) is 8.36. The molecule has 1 aromatic carbocycles. The highest BCUT2D eigenvalue weighted by Crippen LogP contribution is 2.24. The lowest BCUT2D eigenvalue weighted by Gasteiger charge is -2.22. The third kappa shape index (κ3) is 22.5. The van der Waals surface area contributed by atoms with Crippen molar-refractivity contribution in [1.82, 2.24) is 0 Å². The Morgan fingerprint density at radius 2 is 0.788 bits per heavy atom. The van der Waals surface area contributed by atoms with Crippen LogP contribution in [0.1, 0.15) is 128 Å². The maximum Gasteiger partial charge on any atom is -0.0260 e. The highest BCUT2D eigenvalue weighted by Gasteiger charge is 2.14. The van der Waals surface area contributed by atoms with Crippen molar-refractivity contribution in [2.24, 2.45) is 35.5 Å². The minimum Gasteiger partial charge on any atom is -0.0716 e. The summed E-state index contributed by atoms with van der Waals surface area (Å²) in [7, 11) is 0. The molecule has 2 atom stereocenters. The van der Waals surface area contributed by atoms with Crippen molar-refractivity contribution in [2.45, 2.75) is 131 Å². The van der Waals surface area contributed by atoms with Crippen LogP contribution in [0, 0.1) is 49.4 Å². The topological polar surface area (TPSA) is 0 Å². The molecule has 0 heteroatoms. The van der Waals surface area contributed by atoms with E-state index in [-0.39, 0.29) is 0 Å². The van der Waals surface area contributed by atoms with E-state index in [4.69, 9.17) is 0 Å². The number of rotatable bonds is 6. The van der Waals surface area contributed by atoms with Gasteiger partial charge in [-0.1, -0.05) is 132 Å². The summed E-state index contributed by atoms with van der Waals surface area (Å²) in [5.41, 5.74) is 5.84. The van der Waals surface area contributed by atoms with E-state index in [1.807, 2.05) is 27.7 Å². The molecule has 1 aromatic rings. The van der Waals surface area contributed by atoms with E-state index < -0.39 is 0 Å². The molecule has 0 saturated carbocycles. The van der Waals surface area contributed by atoms with Gasteiger partial charge < -0.3 is 0 Å². The molecule has 0 amide bonds. The predicted octanol–water partition coefficient (Wildman–Crippen LogP) is 12.0. The fourth-order valence-corrected chi connectivity index (χ4v) is 2.70. The molecule has 2 unspecified atom stereocenters. The van der Waals surface area contributed by atoms with Crippen LogP contribution in [-0.2, 0) is 0 Å². The zero-order valence-electron chi connectivity index (χ0n) is 26.5. The Hall–Kier alpha value is -1.04. The molecule has 0 N–H and O–H groups in total. The van der Waals surface area contributed by atoms with Crippen LogP contribution < -0.4 is 0 Å². The van der Waals surface area contributed by atoms with Gasteiger partial charge in [0, 0.05) is 0 Å². The second kappa shape index (κ2) is 24.1. The third-order valence-electron chi connectivity index (χ3n) is 6.80. The summed E-state index contributed by atoms with van der Waals surface area (Å²) in [5.74, 6) is 4.87. The van der Waals surface area contributed by atoms with Crippen molar-refractivity contribution in [3.8, 4) is 0 Å². The number of hydrogen-bond acceptors (Lipinski definition) is 0. The quantitative estimate of drug-likeness (QED) is 0.369. The lowest BCUT2D eigenvalue weighted by atomic mass is 9.84. The first kappa shape index (κ1) is 39.2. The Labute approximate surface area is 213 Å². The Kier molecular flexibility index (Phi) is 28.6. The van der Waals surface area contributed by atoms with E-state index in [0.717, 1.165) is 23.7 Å². The van der Waals surface area contributed by atoms with Crippen LogP contribution in [0.5, 0.6) is 0 Å². The van der Waals surface area contributed by atoms with Gasteiger partial charge in [-0.2, -0.15) is 0 Å². The largest absolute Gasteiger partial charge is 0.0716 e. The summed E-state index contributed by atoms with van der Waals surface area (Å²) in [6.45, 7) is 39.7. The van der Waals surface area contributed by atoms with Crippen LogP contribution in [0.15, 0.2) is 35.4 Å². The zero-order chi connectivity index (χ0) is 27.3. The second-order valence-electron chi connectivity index (χ2n) is 10.4. The van der Waals surface area contributed by atoms with Gasteiger partial charge in [0.25, 0.3) is 0 Å². The molecule has 0 saturated heterocycles. The summed E-state index contributed by atoms with van der Waals surface area (Å²) in [4.78, 5) is 0. The molecular formula is C33H66. The van der Waals surface area contributed by atoms with Gasteiger partial charge in [-0.15, -0.1) is 0 Å². The average Bonchev–Trinajstić information content (AvgIpc) is 2.78. The molecule has 198 valence electrons. The van der Waals surface area contributed by atoms with Gasteiger partial charge in [-0.05, 0) is 80.8 Å². The van der Waals surface area contributed by atoms with Crippen molar-refractivity contribution < 1.29 is 0 Å². The maximum atomic E-state index is 2.36. The third-order valence-corrected chi connectivity index (χ3v) is 6.80. The second-order valence-corrected chi connectivity index (χ2v) is 10.4. The highest BCUT2D eigenvalue weighted by molar-refractivity contribution is 5.23. The minimum atomic E-state index is 0.711. The molecule has 0 bridgehead atoms. The summed E-state index contributed by atoms with van der Waals surface area (Å²) in [5, 5.41) is 0. The molecule has 0 aliphatic carbocycles. The van der Waals surface area contributed by atoms with E-state index in [0.29, 0.717) is 11.8 Å². The summed E-state index contributed by atoms with van der Waals surface area (Å²) in [6.07, 6.45) is 1.38. The van der Waals surface area contributed by atoms with Crippen molar-refractivity contribution in [3.05, 3.63) is 46.5 Å². The normalized spacial score (nSPS) is 12.8. The Morgan fingerprint density at radius 3 is 0.939 bits per heavy atom. The zero-order valence-corrected chi connectivity index (χ0v) is 26.5. The number of aryl methyl sites for hydroxylation is 2. The fourth-order valence-electron chi connectivity index (χ4n) is 2.70. The number of hydrogen-bond donors (Lipinski definition) is 0. The first-order valence-electron chi connectivity index (χ1n) is 13.9. The minimum absolute atomic E-state index is 0.711. The Morgan fingerprint density at radius 1 is 0.545 bits per heavy atom. The monoisotopic (exact) mass is 463 g/mol. The molecule has 0 aromatic heterocycles. The van der Waals surface area contributed by atoms with Crippen molar-refractivity contribution in [1.29, 1.82) is 0 Å². The van der Waals surface area contributed by atoms with Crippen LogP contribution in [0.4, 0.5) is 0 Å². The molecule has 33 heavy (non-hydrogen) atoms. The first-order chi connectivity index (χ1) is 15.2. The van der Waals surface area contributed by atoms with Gasteiger partial charge in [-0.25, -0.2) is 0 Å². The van der Waals surface area contributed by atoms with Gasteiger partial charge in [0.05, 0.1) is 0 Å². The molecule has 1 rings (SSSR count). The van der Waals surface area contributed by atoms with Gasteiger partial charge in [0.2, 0.25) is 0 Å². The van der Waals surface area contributed by atoms with E-state index in [2.05, 4.69) is 121 Å². The molecule has 0 nitrogen and oxygen atoms in total. The van der Waals surface area contributed by atoms with Gasteiger partial charge >= 0.3 is 0 Å². The maximum absolute atomic E-state index is 2.36. The van der Waals surface area contributed by atoms with Gasteiger partial charge in [-0.3, -0.25) is 0 Å². The SMILES string of the molecule is C/C(=C(\C)C(C)C)C(C)C.CC.CC.CC(C)C(C)CC(C)C(C)C.Cc1ccccc1C. The van der Waals surface area contributed by atoms with Gasteiger partial charge in [0.15, 0.2) is 0 Å². The first-order valence-corrected chi connectivity index (χ1v) is 13.9. The molecule has 0 spiro atoms. The molecular weight excluding hydrogens is 396 g/mol. The van der Waals surface area contributed by atoms with Gasteiger partial charge in [0.1, 0.15) is 0 Å². The van der Waals surface area contributed by atoms with E-state index in [1.54, 1.807) is 11.1 Å². The van der Waals surface area contributed by atoms with E-state index in [1.165, 1.54) is 17.5 Å². The highest BCUT2D eigenvalue weighted by atomic mass is 14.2. The number of allylic oxidation sites excluding steroid dienone is 2. The molecule has 0 aliphatic heterocycles. The fraction of sp³-hybridized carbons (Fsp3) is 0.758. The standard InChI is InChI=1S/C11H24.C10H20.C8H10.2C2H6/c1-8(2)10(5)7-11(6)9(3)4;1-7(2)9(5)10(6)8(3)4;1-7-5-3-4-6-8(7)2;2*1-2/h8-11H,7H2,1-6H3;7-8H,1-6H3;3-6H,1-2H3;2*1-2H3/b;10-9-;;;. The van der Waals surface area contributed by atoms with Crippen LogP contribution in [-0.4, -0.2) is 0 Å². The lowest BCUT2D eigenvalue weighted by Crippen LogP contribution is -2.12. The van der Waals surface area contributed by atoms with Crippen molar-refractivity contribution >= 4 is 0 Å². The van der Waals surface area contributed by atoms with Crippen LogP contribution in [0.25, 0.3) is 0 Å². The van der Waals surface area contributed by atoms with Crippen molar-refractivity contribution in [2.75, 3.05) is 0 Å². The van der Waals surface area contributed by atoms with Crippen LogP contribution in [0.3, 0.4) is 0 Å². The van der Waals surface area contributed by atoms with Crippen molar-refractivity contribution in [3.63, 3.8) is 0 Å². The van der Waals surface area contributed by atoms with Crippen LogP contribution >= 0.6 is 0 Å². The van der Waals surface area contributed by atoms with E-state index in [9.17, 15) is 0 Å². The molecule has 0 fully saturated rings. The Balaban J connectivity index is -0.000000178. The number of benzene rings is 1. The molecule has 0 radical (unpaired) electrons. The molecule has 0 heterocycles.